The Morgan fingerprint density at radius 3 is 2.63 bits per heavy atom. The predicted molar refractivity (Wildman–Crippen MR) is 139 cm³/mol. The monoisotopic (exact) mass is 499 g/mol. The summed E-state index contributed by atoms with van der Waals surface area (Å²) in [6.45, 7) is 13.6. The van der Waals surface area contributed by atoms with Gasteiger partial charge in [-0.25, -0.2) is 0 Å². The van der Waals surface area contributed by atoms with Gasteiger partial charge in [-0.3, -0.25) is 4.79 Å². The van der Waals surface area contributed by atoms with Crippen molar-refractivity contribution < 1.29 is 19.0 Å². The second-order valence-electron chi connectivity index (χ2n) is 11.0. The van der Waals surface area contributed by atoms with Gasteiger partial charge in [-0.05, 0) is 70.8 Å². The van der Waals surface area contributed by atoms with Crippen molar-refractivity contribution in [2.45, 2.75) is 71.5 Å². The van der Waals surface area contributed by atoms with Gasteiger partial charge >= 0.3 is 5.97 Å². The molecule has 0 saturated carbocycles. The fourth-order valence-corrected chi connectivity index (χ4v) is 5.39. The van der Waals surface area contributed by atoms with E-state index in [1.807, 2.05) is 45.9 Å². The number of ether oxygens (including phenoxy) is 3. The molecule has 2 aromatic rings. The summed E-state index contributed by atoms with van der Waals surface area (Å²) >= 11 is 6.42. The number of halogens is 1. The van der Waals surface area contributed by atoms with Gasteiger partial charge in [-0.1, -0.05) is 43.6 Å². The maximum atomic E-state index is 12.4. The van der Waals surface area contributed by atoms with Crippen molar-refractivity contribution in [1.82, 2.24) is 4.90 Å². The number of carbonyl (C=O) groups excluding carboxylic acids is 1. The summed E-state index contributed by atoms with van der Waals surface area (Å²) in [5.41, 5.74) is 3.12. The molecule has 2 aliphatic heterocycles. The maximum Gasteiger partial charge on any atom is 0.310 e. The molecule has 2 aromatic carbocycles. The number of hydrogen-bond acceptors (Lipinski definition) is 5. The van der Waals surface area contributed by atoms with E-state index < -0.39 is 5.60 Å². The summed E-state index contributed by atoms with van der Waals surface area (Å²) in [4.78, 5) is 14.8. The Bertz CT molecular complexity index is 1050. The topological polar surface area (TPSA) is 48.0 Å². The second kappa shape index (κ2) is 10.4. The molecule has 0 N–H and O–H groups in total. The van der Waals surface area contributed by atoms with E-state index in [4.69, 9.17) is 25.8 Å². The summed E-state index contributed by atoms with van der Waals surface area (Å²) in [7, 11) is 0. The Balaban J connectivity index is 1.36. The minimum Gasteiger partial charge on any atom is -0.492 e. The Kier molecular flexibility index (Phi) is 7.68. The molecule has 190 valence electrons. The molecule has 6 heteroatoms. The molecule has 4 rings (SSSR count). The molecule has 0 aliphatic carbocycles. The van der Waals surface area contributed by atoms with Gasteiger partial charge in [0.2, 0.25) is 0 Å². The van der Waals surface area contributed by atoms with E-state index in [2.05, 4.69) is 30.0 Å². The lowest BCUT2D eigenvalue weighted by Gasteiger charge is -2.39. The Morgan fingerprint density at radius 2 is 1.94 bits per heavy atom. The third kappa shape index (κ3) is 5.95. The van der Waals surface area contributed by atoms with E-state index >= 15 is 0 Å². The van der Waals surface area contributed by atoms with Crippen LogP contribution >= 0.6 is 11.6 Å². The fourth-order valence-electron chi connectivity index (χ4n) is 5.14. The number of esters is 1. The van der Waals surface area contributed by atoms with Crippen molar-refractivity contribution in [3.05, 3.63) is 58.1 Å². The molecule has 0 radical (unpaired) electrons. The van der Waals surface area contributed by atoms with E-state index in [9.17, 15) is 4.79 Å². The number of benzene rings is 2. The zero-order valence-corrected chi connectivity index (χ0v) is 22.4. The van der Waals surface area contributed by atoms with Crippen LogP contribution in [0.4, 0.5) is 0 Å². The quantitative estimate of drug-likeness (QED) is 0.425. The van der Waals surface area contributed by atoms with Gasteiger partial charge in [0.15, 0.2) is 0 Å². The first kappa shape index (κ1) is 25.8. The second-order valence-corrected chi connectivity index (χ2v) is 11.4. The highest BCUT2D eigenvalue weighted by molar-refractivity contribution is 6.31. The largest absolute Gasteiger partial charge is 0.492 e. The van der Waals surface area contributed by atoms with Crippen LogP contribution in [0.3, 0.4) is 0 Å². The number of rotatable bonds is 7. The summed E-state index contributed by atoms with van der Waals surface area (Å²) in [6.07, 6.45) is 2.95. The highest BCUT2D eigenvalue weighted by atomic mass is 35.5. The highest BCUT2D eigenvalue weighted by Crippen LogP contribution is 2.46. The van der Waals surface area contributed by atoms with Crippen molar-refractivity contribution in [2.75, 3.05) is 26.2 Å². The van der Waals surface area contributed by atoms with Gasteiger partial charge in [0, 0.05) is 34.2 Å². The molecule has 5 nitrogen and oxygen atoms in total. The van der Waals surface area contributed by atoms with Crippen molar-refractivity contribution >= 4 is 17.6 Å². The first-order valence-electron chi connectivity index (χ1n) is 12.7. The molecule has 2 heterocycles. The lowest BCUT2D eigenvalue weighted by Crippen LogP contribution is -2.46. The molecule has 1 atom stereocenters. The average molecular weight is 500 g/mol. The number of likely N-dealkylation sites (tertiary alicyclic amines) is 1. The minimum absolute atomic E-state index is 0.0393. The number of nitrogens with zero attached hydrogens (tertiary/aromatic N) is 1. The molecule has 2 aliphatic rings. The molecule has 1 saturated heterocycles. The first-order valence-corrected chi connectivity index (χ1v) is 13.1. The highest BCUT2D eigenvalue weighted by Gasteiger charge is 2.43. The van der Waals surface area contributed by atoms with Gasteiger partial charge in [-0.15, -0.1) is 0 Å². The van der Waals surface area contributed by atoms with E-state index in [-0.39, 0.29) is 17.3 Å². The van der Waals surface area contributed by atoms with Crippen LogP contribution in [0.1, 0.15) is 64.2 Å². The van der Waals surface area contributed by atoms with E-state index in [0.29, 0.717) is 13.2 Å². The van der Waals surface area contributed by atoms with Crippen LogP contribution in [-0.4, -0.2) is 42.7 Å². The van der Waals surface area contributed by atoms with Crippen LogP contribution in [0.25, 0.3) is 0 Å². The Hall–Kier alpha value is -2.24. The molecule has 1 unspecified atom stereocenters. The van der Waals surface area contributed by atoms with Gasteiger partial charge in [0.05, 0.1) is 12.5 Å². The van der Waals surface area contributed by atoms with Crippen LogP contribution in [-0.2, 0) is 28.0 Å². The summed E-state index contributed by atoms with van der Waals surface area (Å²) in [5.74, 6) is 1.46. The van der Waals surface area contributed by atoms with Crippen LogP contribution < -0.4 is 9.47 Å². The van der Waals surface area contributed by atoms with Crippen LogP contribution in [0.2, 0.25) is 5.02 Å². The van der Waals surface area contributed by atoms with Crippen molar-refractivity contribution in [1.29, 1.82) is 0 Å². The van der Waals surface area contributed by atoms with Crippen molar-refractivity contribution in [3.63, 3.8) is 0 Å². The predicted octanol–water partition coefficient (Wildman–Crippen LogP) is 6.19. The number of fused-ring (bicyclic) bond motifs is 2. The summed E-state index contributed by atoms with van der Waals surface area (Å²) < 4.78 is 17.8. The third-order valence-corrected chi connectivity index (χ3v) is 7.52. The lowest BCUT2D eigenvalue weighted by atomic mass is 9.74. The van der Waals surface area contributed by atoms with Crippen molar-refractivity contribution in [3.8, 4) is 11.5 Å². The van der Waals surface area contributed by atoms with Crippen LogP contribution in [0, 0.1) is 5.92 Å². The Morgan fingerprint density at radius 1 is 1.20 bits per heavy atom. The average Bonchev–Trinajstić information content (AvgIpc) is 3.16. The van der Waals surface area contributed by atoms with Crippen LogP contribution in [0.15, 0.2) is 36.4 Å². The standard InChI is InChI=1S/C29H38ClNO4/c1-6-21-8-7-9-25(30)23(21)18-33-22-10-11-24-26(16-22)34-19-29(24)12-14-31(15-13-29)17-20(2)27(32)35-28(3,4)5/h7-11,16,20H,6,12-15,17-19H2,1-5H3. The summed E-state index contributed by atoms with van der Waals surface area (Å²) in [6, 6.07) is 12.2. The summed E-state index contributed by atoms with van der Waals surface area (Å²) in [5, 5.41) is 0.744. The molecule has 35 heavy (non-hydrogen) atoms. The molecule has 1 spiro atoms. The molecule has 0 aromatic heterocycles. The molecular weight excluding hydrogens is 462 g/mol. The zero-order valence-electron chi connectivity index (χ0n) is 21.7. The minimum atomic E-state index is -0.448. The smallest absolute Gasteiger partial charge is 0.310 e. The van der Waals surface area contributed by atoms with E-state index in [1.54, 1.807) is 0 Å². The Labute approximate surface area is 214 Å². The van der Waals surface area contributed by atoms with Gasteiger partial charge in [0.1, 0.15) is 23.7 Å². The van der Waals surface area contributed by atoms with Gasteiger partial charge in [-0.2, -0.15) is 0 Å². The van der Waals surface area contributed by atoms with Crippen LogP contribution in [0.5, 0.6) is 11.5 Å². The molecular formula is C29H38ClNO4. The molecule has 1 fully saturated rings. The lowest BCUT2D eigenvalue weighted by molar-refractivity contribution is -0.160. The first-order chi connectivity index (χ1) is 16.6. The molecule has 0 amide bonds. The van der Waals surface area contributed by atoms with Crippen molar-refractivity contribution in [2.24, 2.45) is 5.92 Å². The number of piperidine rings is 1. The maximum absolute atomic E-state index is 12.4. The number of hydrogen-bond donors (Lipinski definition) is 0. The van der Waals surface area contributed by atoms with Gasteiger partial charge < -0.3 is 19.1 Å². The number of carbonyl (C=O) groups is 1. The molecule has 0 bridgehead atoms. The third-order valence-electron chi connectivity index (χ3n) is 7.16. The SMILES string of the molecule is CCc1cccc(Cl)c1COc1ccc2c(c1)OCC21CCN(CC(C)C(=O)OC(C)(C)C)CC1. The fraction of sp³-hybridized carbons (Fsp3) is 0.552. The number of aryl methyl sites for hydroxylation is 1. The zero-order chi connectivity index (χ0) is 25.2. The van der Waals surface area contributed by atoms with E-state index in [1.165, 1.54) is 11.1 Å². The van der Waals surface area contributed by atoms with Gasteiger partial charge in [0.25, 0.3) is 0 Å². The normalized spacial score (nSPS) is 18.1. The van der Waals surface area contributed by atoms with E-state index in [0.717, 1.165) is 61.0 Å².